The van der Waals surface area contributed by atoms with E-state index in [2.05, 4.69) is 5.10 Å². The minimum Gasteiger partial charge on any atom is -0.383 e. The molecule has 9 nitrogen and oxygen atoms in total. The van der Waals surface area contributed by atoms with Crippen molar-refractivity contribution in [2.24, 2.45) is 0 Å². The van der Waals surface area contributed by atoms with E-state index in [0.717, 1.165) is 0 Å². The number of rotatable bonds is 6. The number of aromatic nitrogens is 2. The molecule has 1 aromatic carbocycles. The van der Waals surface area contributed by atoms with E-state index < -0.39 is 21.2 Å². The number of sulfonamides is 1. The molecule has 2 aromatic rings. The molecule has 10 heteroatoms. The number of carbonyl (C=O) groups excluding carboxylic acids is 1. The van der Waals surface area contributed by atoms with Crippen LogP contribution in [-0.2, 0) is 14.8 Å². The van der Waals surface area contributed by atoms with Crippen LogP contribution in [0.15, 0.2) is 58.5 Å². The SMILES string of the molecule is CN(C)C=CC(=O)c1nn(-c2ccc(S(=O)(=O)N3CCOCC3)cc2)ccc1=O. The molecular weight excluding hydrogens is 396 g/mol. The van der Waals surface area contributed by atoms with Gasteiger partial charge in [0.15, 0.2) is 5.69 Å². The van der Waals surface area contributed by atoms with Crippen LogP contribution in [0.1, 0.15) is 10.5 Å². The van der Waals surface area contributed by atoms with Crippen LogP contribution in [0.5, 0.6) is 0 Å². The Morgan fingerprint density at radius 3 is 2.41 bits per heavy atom. The summed E-state index contributed by atoms with van der Waals surface area (Å²) in [6.07, 6.45) is 4.23. The summed E-state index contributed by atoms with van der Waals surface area (Å²) in [5.74, 6) is -0.510. The number of nitrogens with zero attached hydrogens (tertiary/aromatic N) is 4. The van der Waals surface area contributed by atoms with Crippen molar-refractivity contribution in [3.63, 3.8) is 0 Å². The smallest absolute Gasteiger partial charge is 0.243 e. The van der Waals surface area contributed by atoms with Crippen LogP contribution < -0.4 is 5.43 Å². The highest BCUT2D eigenvalue weighted by Gasteiger charge is 2.26. The summed E-state index contributed by atoms with van der Waals surface area (Å²) in [5.41, 5.74) is -0.173. The Morgan fingerprint density at radius 1 is 1.14 bits per heavy atom. The standard InChI is InChI=1S/C19H22N4O5S/c1-21(2)9-7-17(24)19-18(25)8-10-23(20-19)15-3-5-16(6-4-15)29(26,27)22-11-13-28-14-12-22/h3-10H,11-14H2,1-2H3. The van der Waals surface area contributed by atoms with Crippen LogP contribution in [-0.4, -0.2) is 73.6 Å². The first-order chi connectivity index (χ1) is 13.8. The molecule has 1 aromatic heterocycles. The minimum atomic E-state index is -3.60. The van der Waals surface area contributed by atoms with Crippen molar-refractivity contribution in [3.8, 4) is 5.69 Å². The number of morpholine rings is 1. The van der Waals surface area contributed by atoms with Crippen LogP contribution in [0.3, 0.4) is 0 Å². The zero-order valence-corrected chi connectivity index (χ0v) is 17.0. The highest BCUT2D eigenvalue weighted by molar-refractivity contribution is 7.89. The lowest BCUT2D eigenvalue weighted by atomic mass is 10.2. The predicted octanol–water partition coefficient (Wildman–Crippen LogP) is 0.511. The lowest BCUT2D eigenvalue weighted by Gasteiger charge is -2.26. The Kier molecular flexibility index (Phi) is 6.26. The Hall–Kier alpha value is -2.82. The zero-order chi connectivity index (χ0) is 21.0. The van der Waals surface area contributed by atoms with Crippen molar-refractivity contribution in [3.05, 3.63) is 64.7 Å². The maximum Gasteiger partial charge on any atom is 0.243 e. The third-order valence-electron chi connectivity index (χ3n) is 4.27. The van der Waals surface area contributed by atoms with E-state index in [9.17, 15) is 18.0 Å². The Bertz CT molecular complexity index is 1070. The molecule has 0 spiro atoms. The van der Waals surface area contributed by atoms with Crippen molar-refractivity contribution in [1.82, 2.24) is 19.0 Å². The van der Waals surface area contributed by atoms with Crippen molar-refractivity contribution >= 4 is 15.8 Å². The topological polar surface area (TPSA) is 102 Å². The van der Waals surface area contributed by atoms with Crippen molar-refractivity contribution < 1.29 is 17.9 Å². The number of ether oxygens (including phenoxy) is 1. The monoisotopic (exact) mass is 418 g/mol. The molecule has 0 aliphatic carbocycles. The quantitative estimate of drug-likeness (QED) is 0.498. The van der Waals surface area contributed by atoms with Gasteiger partial charge in [-0.25, -0.2) is 13.1 Å². The molecule has 0 unspecified atom stereocenters. The summed E-state index contributed by atoms with van der Waals surface area (Å²) in [6.45, 7) is 1.38. The average Bonchev–Trinajstić information content (AvgIpc) is 2.73. The lowest BCUT2D eigenvalue weighted by Crippen LogP contribution is -2.40. The van der Waals surface area contributed by atoms with E-state index >= 15 is 0 Å². The van der Waals surface area contributed by atoms with Gasteiger partial charge in [-0.3, -0.25) is 9.59 Å². The molecule has 29 heavy (non-hydrogen) atoms. The summed E-state index contributed by atoms with van der Waals surface area (Å²) in [6, 6.07) is 7.37. The number of hydrogen-bond acceptors (Lipinski definition) is 7. The molecule has 0 amide bonds. The normalized spacial score (nSPS) is 15.5. The Balaban J connectivity index is 1.87. The molecule has 0 N–H and O–H groups in total. The first kappa shape index (κ1) is 20.9. The second kappa shape index (κ2) is 8.68. The number of ketones is 1. The molecular formula is C19H22N4O5S. The third-order valence-corrected chi connectivity index (χ3v) is 6.19. The van der Waals surface area contributed by atoms with Crippen LogP contribution in [0.2, 0.25) is 0 Å². The number of benzene rings is 1. The van der Waals surface area contributed by atoms with Crippen LogP contribution in [0, 0.1) is 0 Å². The molecule has 1 saturated heterocycles. The van der Waals surface area contributed by atoms with Crippen molar-refractivity contribution in [2.75, 3.05) is 40.4 Å². The van der Waals surface area contributed by atoms with E-state index in [1.54, 1.807) is 31.1 Å². The van der Waals surface area contributed by atoms with Gasteiger partial charge in [0.1, 0.15) is 0 Å². The van der Waals surface area contributed by atoms with Crippen molar-refractivity contribution in [1.29, 1.82) is 0 Å². The first-order valence-electron chi connectivity index (χ1n) is 8.96. The maximum atomic E-state index is 12.7. The number of allylic oxidation sites excluding steroid dienone is 1. The van der Waals surface area contributed by atoms with E-state index in [4.69, 9.17) is 4.74 Å². The Morgan fingerprint density at radius 2 is 1.79 bits per heavy atom. The third kappa shape index (κ3) is 4.78. The molecule has 1 aliphatic heterocycles. The summed E-state index contributed by atoms with van der Waals surface area (Å²) in [4.78, 5) is 26.1. The van der Waals surface area contributed by atoms with Gasteiger partial charge in [-0.1, -0.05) is 0 Å². The van der Waals surface area contributed by atoms with Gasteiger partial charge >= 0.3 is 0 Å². The predicted molar refractivity (Wildman–Crippen MR) is 107 cm³/mol. The largest absolute Gasteiger partial charge is 0.383 e. The average molecular weight is 418 g/mol. The summed E-state index contributed by atoms with van der Waals surface area (Å²) >= 11 is 0. The van der Waals surface area contributed by atoms with Gasteiger partial charge < -0.3 is 9.64 Å². The molecule has 0 atom stereocenters. The lowest BCUT2D eigenvalue weighted by molar-refractivity contribution is 0.0730. The molecule has 1 aliphatic rings. The summed E-state index contributed by atoms with van der Waals surface area (Å²) < 4.78 is 33.4. The summed E-state index contributed by atoms with van der Waals surface area (Å²) in [5, 5.41) is 4.11. The Labute approximate surface area is 168 Å². The molecule has 2 heterocycles. The maximum absolute atomic E-state index is 12.7. The highest BCUT2D eigenvalue weighted by atomic mass is 32.2. The minimum absolute atomic E-state index is 0.161. The molecule has 0 bridgehead atoms. The van der Waals surface area contributed by atoms with E-state index in [1.165, 1.54) is 45.7 Å². The second-order valence-electron chi connectivity index (χ2n) is 6.63. The summed E-state index contributed by atoms with van der Waals surface area (Å²) in [7, 11) is -0.0851. The fourth-order valence-electron chi connectivity index (χ4n) is 2.72. The molecule has 1 fully saturated rings. The zero-order valence-electron chi connectivity index (χ0n) is 16.2. The number of hydrogen-bond donors (Lipinski definition) is 0. The van der Waals surface area contributed by atoms with Crippen LogP contribution in [0.25, 0.3) is 5.69 Å². The molecule has 3 rings (SSSR count). The first-order valence-corrected chi connectivity index (χ1v) is 10.4. The van der Waals surface area contributed by atoms with Crippen LogP contribution >= 0.6 is 0 Å². The number of carbonyl (C=O) groups is 1. The van der Waals surface area contributed by atoms with Gasteiger partial charge in [0.05, 0.1) is 23.8 Å². The van der Waals surface area contributed by atoms with E-state index in [1.807, 2.05) is 0 Å². The molecule has 0 saturated carbocycles. The molecule has 154 valence electrons. The van der Waals surface area contributed by atoms with Gasteiger partial charge in [-0.05, 0) is 24.3 Å². The van der Waals surface area contributed by atoms with Gasteiger partial charge in [0.2, 0.25) is 21.2 Å². The second-order valence-corrected chi connectivity index (χ2v) is 8.57. The van der Waals surface area contributed by atoms with E-state index in [-0.39, 0.29) is 10.6 Å². The van der Waals surface area contributed by atoms with Crippen molar-refractivity contribution in [2.45, 2.75) is 4.90 Å². The van der Waals surface area contributed by atoms with Gasteiger partial charge in [0, 0.05) is 51.7 Å². The fraction of sp³-hybridized carbons (Fsp3) is 0.316. The molecule has 0 radical (unpaired) electrons. The van der Waals surface area contributed by atoms with Gasteiger partial charge in [-0.15, -0.1) is 0 Å². The fourth-order valence-corrected chi connectivity index (χ4v) is 4.13. The highest BCUT2D eigenvalue weighted by Crippen LogP contribution is 2.18. The van der Waals surface area contributed by atoms with E-state index in [0.29, 0.717) is 32.0 Å². The van der Waals surface area contributed by atoms with Crippen LogP contribution in [0.4, 0.5) is 0 Å². The van der Waals surface area contributed by atoms with Gasteiger partial charge in [-0.2, -0.15) is 9.40 Å². The van der Waals surface area contributed by atoms with Gasteiger partial charge in [0.25, 0.3) is 0 Å².